The fourth-order valence-electron chi connectivity index (χ4n) is 1.43. The van der Waals surface area contributed by atoms with Gasteiger partial charge in [0.15, 0.2) is 0 Å². The van der Waals surface area contributed by atoms with Crippen molar-refractivity contribution >= 4 is 21.8 Å². The maximum Gasteiger partial charge on any atom is 0.240 e. The minimum absolute atomic E-state index is 0.0524. The molecule has 0 saturated heterocycles. The first-order valence-corrected chi connectivity index (χ1v) is 8.57. The Morgan fingerprint density at radius 2 is 2.17 bits per heavy atom. The molecule has 102 valence electrons. The molecule has 18 heavy (non-hydrogen) atoms. The van der Waals surface area contributed by atoms with Crippen LogP contribution in [0.15, 0.2) is 29.2 Å². The van der Waals surface area contributed by atoms with Crippen LogP contribution in [0.5, 0.6) is 0 Å². The second-order valence-corrected chi connectivity index (χ2v) is 6.86. The van der Waals surface area contributed by atoms with E-state index in [1.54, 1.807) is 30.0 Å². The third kappa shape index (κ3) is 4.97. The molecule has 2 N–H and O–H groups in total. The van der Waals surface area contributed by atoms with Crippen LogP contribution in [-0.2, 0) is 10.0 Å². The fraction of sp³-hybridized carbons (Fsp3) is 0.500. The maximum absolute atomic E-state index is 11.9. The molecule has 6 heteroatoms. The zero-order valence-corrected chi connectivity index (χ0v) is 12.2. The van der Waals surface area contributed by atoms with Gasteiger partial charge in [-0.2, -0.15) is 11.8 Å². The Bertz CT molecular complexity index is 474. The largest absolute Gasteiger partial charge is 0.392 e. The molecule has 1 aromatic carbocycles. The van der Waals surface area contributed by atoms with Crippen molar-refractivity contribution in [3.8, 4) is 0 Å². The van der Waals surface area contributed by atoms with E-state index < -0.39 is 16.1 Å². The summed E-state index contributed by atoms with van der Waals surface area (Å²) < 4.78 is 26.3. The molecule has 0 bridgehead atoms. The first-order chi connectivity index (χ1) is 8.45. The number of aliphatic hydroxyl groups is 1. The molecule has 1 aromatic rings. The van der Waals surface area contributed by atoms with Gasteiger partial charge in [-0.05, 0) is 43.0 Å². The van der Waals surface area contributed by atoms with Gasteiger partial charge in [0.2, 0.25) is 10.0 Å². The molecule has 1 atom stereocenters. The number of sulfonamides is 1. The van der Waals surface area contributed by atoms with Gasteiger partial charge in [-0.15, -0.1) is 0 Å². The molecule has 0 spiro atoms. The topological polar surface area (TPSA) is 66.4 Å². The predicted octanol–water partition coefficient (Wildman–Crippen LogP) is 1.39. The van der Waals surface area contributed by atoms with Crippen LogP contribution in [0.3, 0.4) is 0 Å². The van der Waals surface area contributed by atoms with Gasteiger partial charge >= 0.3 is 0 Å². The number of nitrogens with one attached hydrogen (secondary N) is 1. The highest BCUT2D eigenvalue weighted by Gasteiger charge is 2.15. The first-order valence-electron chi connectivity index (χ1n) is 5.69. The molecule has 0 radical (unpaired) electrons. The van der Waals surface area contributed by atoms with Crippen LogP contribution >= 0.6 is 11.8 Å². The molecule has 0 aliphatic heterocycles. The van der Waals surface area contributed by atoms with Crippen molar-refractivity contribution in [2.75, 3.05) is 18.6 Å². The lowest BCUT2D eigenvalue weighted by molar-refractivity contribution is 0.175. The highest BCUT2D eigenvalue weighted by atomic mass is 32.2. The molecule has 0 aliphatic carbocycles. The van der Waals surface area contributed by atoms with Crippen LogP contribution in [-0.4, -0.2) is 38.2 Å². The summed E-state index contributed by atoms with van der Waals surface area (Å²) in [4.78, 5) is 0.236. The van der Waals surface area contributed by atoms with Gasteiger partial charge in [0.05, 0.1) is 11.0 Å². The van der Waals surface area contributed by atoms with Gasteiger partial charge in [0, 0.05) is 6.54 Å². The minimum atomic E-state index is -3.52. The lowest BCUT2D eigenvalue weighted by Crippen LogP contribution is -2.32. The molecule has 0 aromatic heterocycles. The van der Waals surface area contributed by atoms with E-state index in [4.69, 9.17) is 0 Å². The molecular weight excluding hydrogens is 270 g/mol. The van der Waals surface area contributed by atoms with Crippen LogP contribution in [0.4, 0.5) is 0 Å². The monoisotopic (exact) mass is 289 g/mol. The molecule has 0 saturated carbocycles. The minimum Gasteiger partial charge on any atom is -0.392 e. The molecule has 0 heterocycles. The van der Waals surface area contributed by atoms with Gasteiger partial charge in [-0.3, -0.25) is 0 Å². The average molecular weight is 289 g/mol. The summed E-state index contributed by atoms with van der Waals surface area (Å²) in [6.45, 7) is 1.89. The van der Waals surface area contributed by atoms with E-state index in [0.29, 0.717) is 6.42 Å². The smallest absolute Gasteiger partial charge is 0.240 e. The van der Waals surface area contributed by atoms with Gasteiger partial charge in [0.1, 0.15) is 0 Å². The fourth-order valence-corrected chi connectivity index (χ4v) is 3.11. The van der Waals surface area contributed by atoms with Crippen molar-refractivity contribution in [2.45, 2.75) is 24.3 Å². The van der Waals surface area contributed by atoms with E-state index in [9.17, 15) is 13.5 Å². The number of hydrogen-bond donors (Lipinski definition) is 2. The van der Waals surface area contributed by atoms with E-state index in [2.05, 4.69) is 4.72 Å². The third-order valence-electron chi connectivity index (χ3n) is 2.46. The summed E-state index contributed by atoms with van der Waals surface area (Å²) in [5, 5.41) is 9.60. The Labute approximate surface area is 113 Å². The van der Waals surface area contributed by atoms with E-state index in [0.717, 1.165) is 11.3 Å². The Hall–Kier alpha value is -0.560. The van der Waals surface area contributed by atoms with Crippen LogP contribution in [0.25, 0.3) is 0 Å². The van der Waals surface area contributed by atoms with Crippen LogP contribution in [0, 0.1) is 6.92 Å². The van der Waals surface area contributed by atoms with E-state index in [1.165, 1.54) is 0 Å². The Balaban J connectivity index is 2.60. The zero-order valence-electron chi connectivity index (χ0n) is 10.6. The van der Waals surface area contributed by atoms with Gasteiger partial charge in [0.25, 0.3) is 0 Å². The van der Waals surface area contributed by atoms with Crippen molar-refractivity contribution in [1.29, 1.82) is 0 Å². The average Bonchev–Trinajstić information content (AvgIpc) is 2.34. The van der Waals surface area contributed by atoms with Crippen molar-refractivity contribution in [1.82, 2.24) is 4.72 Å². The summed E-state index contributed by atoms with van der Waals surface area (Å²) in [5.41, 5.74) is 0.890. The maximum atomic E-state index is 11.9. The number of aliphatic hydroxyl groups excluding tert-OH is 1. The third-order valence-corrected chi connectivity index (χ3v) is 4.53. The van der Waals surface area contributed by atoms with Crippen molar-refractivity contribution in [2.24, 2.45) is 0 Å². The summed E-state index contributed by atoms with van der Waals surface area (Å²) >= 11 is 1.62. The normalized spacial score (nSPS) is 13.5. The van der Waals surface area contributed by atoms with Crippen molar-refractivity contribution in [3.63, 3.8) is 0 Å². The highest BCUT2D eigenvalue weighted by Crippen LogP contribution is 2.10. The quantitative estimate of drug-likeness (QED) is 0.796. The number of hydrogen-bond acceptors (Lipinski definition) is 4. The Morgan fingerprint density at radius 1 is 1.44 bits per heavy atom. The second kappa shape index (κ2) is 7.13. The van der Waals surface area contributed by atoms with Crippen LogP contribution in [0.1, 0.15) is 12.0 Å². The summed E-state index contributed by atoms with van der Waals surface area (Å²) in [6.07, 6.45) is 1.89. The number of aryl methyl sites for hydroxylation is 1. The van der Waals surface area contributed by atoms with Gasteiger partial charge < -0.3 is 5.11 Å². The molecule has 0 fully saturated rings. The van der Waals surface area contributed by atoms with E-state index in [1.807, 2.05) is 19.2 Å². The summed E-state index contributed by atoms with van der Waals surface area (Å²) in [5.74, 6) is 0.813. The Kier molecular flexibility index (Phi) is 6.14. The number of rotatable bonds is 7. The molecular formula is C12H19NO3S2. The zero-order chi connectivity index (χ0) is 13.6. The SMILES string of the molecule is CSCCC(O)CNS(=O)(=O)c1cccc(C)c1. The lowest BCUT2D eigenvalue weighted by atomic mass is 10.2. The molecule has 0 amide bonds. The highest BCUT2D eigenvalue weighted by molar-refractivity contribution is 7.98. The lowest BCUT2D eigenvalue weighted by Gasteiger charge is -2.12. The molecule has 1 rings (SSSR count). The van der Waals surface area contributed by atoms with Crippen molar-refractivity contribution in [3.05, 3.63) is 29.8 Å². The summed E-state index contributed by atoms with van der Waals surface area (Å²) in [6, 6.07) is 6.70. The van der Waals surface area contributed by atoms with Crippen molar-refractivity contribution < 1.29 is 13.5 Å². The van der Waals surface area contributed by atoms with Gasteiger partial charge in [-0.1, -0.05) is 12.1 Å². The molecule has 0 aliphatic rings. The van der Waals surface area contributed by atoms with Gasteiger partial charge in [-0.25, -0.2) is 13.1 Å². The van der Waals surface area contributed by atoms with Crippen LogP contribution in [0.2, 0.25) is 0 Å². The second-order valence-electron chi connectivity index (χ2n) is 4.10. The Morgan fingerprint density at radius 3 is 2.78 bits per heavy atom. The molecule has 1 unspecified atom stereocenters. The number of benzene rings is 1. The number of thioether (sulfide) groups is 1. The summed E-state index contributed by atoms with van der Waals surface area (Å²) in [7, 11) is -3.52. The van der Waals surface area contributed by atoms with Crippen LogP contribution < -0.4 is 4.72 Å². The van der Waals surface area contributed by atoms with E-state index in [-0.39, 0.29) is 11.4 Å². The molecule has 4 nitrogen and oxygen atoms in total. The standard InChI is InChI=1S/C12H19NO3S2/c1-10-4-3-5-12(8-10)18(15,16)13-9-11(14)6-7-17-2/h3-5,8,11,13-14H,6-7,9H2,1-2H3. The van der Waals surface area contributed by atoms with E-state index >= 15 is 0 Å². The predicted molar refractivity (Wildman–Crippen MR) is 75.4 cm³/mol. The first kappa shape index (κ1) is 15.5.